The van der Waals surface area contributed by atoms with Crippen LogP contribution in [0.15, 0.2) is 0 Å². The van der Waals surface area contributed by atoms with Crippen LogP contribution < -0.4 is 0 Å². The minimum atomic E-state index is -0.256. The van der Waals surface area contributed by atoms with Gasteiger partial charge in [0.15, 0.2) is 0 Å². The van der Waals surface area contributed by atoms with Gasteiger partial charge in [0.25, 0.3) is 0 Å². The van der Waals surface area contributed by atoms with Gasteiger partial charge in [-0.25, -0.2) is 0 Å². The molecule has 0 spiro atoms. The van der Waals surface area contributed by atoms with E-state index >= 15 is 0 Å². The quantitative estimate of drug-likeness (QED) is 0.511. The van der Waals surface area contributed by atoms with Gasteiger partial charge < -0.3 is 4.74 Å². The van der Waals surface area contributed by atoms with Crippen molar-refractivity contribution in [3.63, 3.8) is 0 Å². The van der Waals surface area contributed by atoms with E-state index in [0.717, 1.165) is 0 Å². The molecule has 0 aromatic rings. The van der Waals surface area contributed by atoms with Crippen molar-refractivity contribution in [1.29, 1.82) is 0 Å². The molecule has 0 amide bonds. The number of rotatable bonds is 3. The van der Waals surface area contributed by atoms with Crippen molar-refractivity contribution in [3.05, 3.63) is 13.8 Å². The van der Waals surface area contributed by atoms with Crippen LogP contribution in [-0.4, -0.2) is 12.6 Å². The summed E-state index contributed by atoms with van der Waals surface area (Å²) >= 11 is 0. The lowest BCUT2D eigenvalue weighted by molar-refractivity contribution is -0.142. The summed E-state index contributed by atoms with van der Waals surface area (Å²) in [5, 5.41) is 0. The Labute approximate surface area is 49.8 Å². The molecule has 0 aliphatic carbocycles. The lowest BCUT2D eigenvalue weighted by Crippen LogP contribution is -2.02. The molecule has 0 bridgehead atoms. The van der Waals surface area contributed by atoms with Crippen LogP contribution in [0.25, 0.3) is 0 Å². The predicted octanol–water partition coefficient (Wildman–Crippen LogP) is 0.978. The van der Waals surface area contributed by atoms with E-state index in [-0.39, 0.29) is 12.4 Å². The van der Waals surface area contributed by atoms with E-state index in [4.69, 9.17) is 0 Å². The molecule has 0 unspecified atom stereocenters. The van der Waals surface area contributed by atoms with Crippen LogP contribution in [0.3, 0.4) is 0 Å². The number of carbonyl (C=O) groups excluding carboxylic acids is 1. The first-order valence-corrected chi connectivity index (χ1v) is 2.55. The average Bonchev–Trinajstić information content (AvgIpc) is 1.83. The van der Waals surface area contributed by atoms with Gasteiger partial charge in [0, 0.05) is 6.42 Å². The van der Waals surface area contributed by atoms with Gasteiger partial charge in [-0.15, -0.1) is 0 Å². The molecule has 0 fully saturated rings. The summed E-state index contributed by atoms with van der Waals surface area (Å²) in [6, 6.07) is 0. The Bertz CT molecular complexity index is 68.9. The molecule has 0 aromatic heterocycles. The fourth-order valence-corrected chi connectivity index (χ4v) is 0.258. The molecule has 8 heavy (non-hydrogen) atoms. The van der Waals surface area contributed by atoms with Crippen molar-refractivity contribution in [3.8, 4) is 0 Å². The second-order valence-corrected chi connectivity index (χ2v) is 1.32. The molecule has 0 aromatic carbocycles. The van der Waals surface area contributed by atoms with Crippen LogP contribution in [0.5, 0.6) is 0 Å². The predicted molar refractivity (Wildman–Crippen MR) is 30.9 cm³/mol. The molecule has 0 atom stereocenters. The molecule has 2 radical (unpaired) electrons. The largest absolute Gasteiger partial charge is 0.466 e. The summed E-state index contributed by atoms with van der Waals surface area (Å²) in [6.45, 7) is 7.25. The number of ether oxygens (including phenoxy) is 1. The summed E-state index contributed by atoms with van der Waals surface area (Å²) in [7, 11) is 0. The Kier molecular flexibility index (Phi) is 4.32. The van der Waals surface area contributed by atoms with Crippen molar-refractivity contribution in [2.24, 2.45) is 0 Å². The maximum atomic E-state index is 10.3. The van der Waals surface area contributed by atoms with Gasteiger partial charge in [-0.3, -0.25) is 4.79 Å². The third kappa shape index (κ3) is 3.65. The lowest BCUT2D eigenvalue weighted by Gasteiger charge is -1.97. The fraction of sp³-hybridized carbons (Fsp3) is 0.500. The monoisotopic (exact) mass is 114 g/mol. The van der Waals surface area contributed by atoms with Gasteiger partial charge in [-0.2, -0.15) is 0 Å². The Morgan fingerprint density at radius 2 is 2.12 bits per heavy atom. The topological polar surface area (TPSA) is 26.3 Å². The number of hydrogen-bond acceptors (Lipinski definition) is 2. The highest BCUT2D eigenvalue weighted by atomic mass is 16.5. The molecule has 0 saturated carbocycles. The van der Waals surface area contributed by atoms with Gasteiger partial charge in [-0.1, -0.05) is 0 Å². The van der Waals surface area contributed by atoms with Crippen molar-refractivity contribution < 1.29 is 9.53 Å². The summed E-state index contributed by atoms with van der Waals surface area (Å²) in [6.07, 6.45) is 0.839. The highest BCUT2D eigenvalue weighted by Gasteiger charge is 1.93. The minimum Gasteiger partial charge on any atom is -0.466 e. The van der Waals surface area contributed by atoms with Gasteiger partial charge in [-0.05, 0) is 20.3 Å². The Balaban J connectivity index is 2.99. The highest BCUT2D eigenvalue weighted by molar-refractivity contribution is 5.69. The number of carbonyl (C=O) groups is 1. The third-order valence-electron chi connectivity index (χ3n) is 0.612. The molecule has 2 nitrogen and oxygen atoms in total. The smallest absolute Gasteiger partial charge is 0.305 e. The molecule has 46 valence electrons. The van der Waals surface area contributed by atoms with Gasteiger partial charge in [0.05, 0.1) is 6.61 Å². The van der Waals surface area contributed by atoms with Crippen molar-refractivity contribution >= 4 is 5.97 Å². The van der Waals surface area contributed by atoms with Gasteiger partial charge >= 0.3 is 5.97 Å². The Morgan fingerprint density at radius 1 is 1.50 bits per heavy atom. The van der Waals surface area contributed by atoms with E-state index < -0.39 is 0 Å². The van der Waals surface area contributed by atoms with Gasteiger partial charge in [0.1, 0.15) is 0 Å². The second kappa shape index (κ2) is 4.62. The van der Waals surface area contributed by atoms with E-state index in [0.29, 0.717) is 13.0 Å². The maximum absolute atomic E-state index is 10.3. The van der Waals surface area contributed by atoms with Crippen LogP contribution in [0.4, 0.5) is 0 Å². The van der Waals surface area contributed by atoms with Crippen LogP contribution in [-0.2, 0) is 9.53 Å². The maximum Gasteiger partial charge on any atom is 0.305 e. The first-order chi connectivity index (χ1) is 3.81. The standard InChI is InChI=1S/C6H10O2/c1-3-5-8-6(7)4-2/h1-5H2. The van der Waals surface area contributed by atoms with Crippen molar-refractivity contribution in [1.82, 2.24) is 0 Å². The highest BCUT2D eigenvalue weighted by Crippen LogP contribution is 1.84. The molecule has 2 heteroatoms. The summed E-state index contributed by atoms with van der Waals surface area (Å²) in [5.41, 5.74) is 0. The zero-order chi connectivity index (χ0) is 6.41. The van der Waals surface area contributed by atoms with E-state index in [1.807, 2.05) is 0 Å². The summed E-state index contributed by atoms with van der Waals surface area (Å²) in [4.78, 5) is 10.3. The Morgan fingerprint density at radius 3 is 2.50 bits per heavy atom. The molecule has 0 rings (SSSR count). The van der Waals surface area contributed by atoms with E-state index in [9.17, 15) is 4.79 Å². The molecule has 0 aliphatic heterocycles. The molecule has 0 aliphatic rings. The summed E-state index contributed by atoms with van der Waals surface area (Å²) < 4.78 is 4.58. The van der Waals surface area contributed by atoms with Crippen LogP contribution in [0.2, 0.25) is 0 Å². The Hall–Kier alpha value is -0.530. The first-order valence-electron chi connectivity index (χ1n) is 2.55. The summed E-state index contributed by atoms with van der Waals surface area (Å²) in [5.74, 6) is -0.256. The number of hydrogen-bond donors (Lipinski definition) is 0. The SMILES string of the molecule is [CH2]CCOC(=O)C[CH2]. The van der Waals surface area contributed by atoms with Crippen molar-refractivity contribution in [2.45, 2.75) is 12.8 Å². The molecule has 0 N–H and O–H groups in total. The van der Waals surface area contributed by atoms with Gasteiger partial charge in [0.2, 0.25) is 0 Å². The number of esters is 1. The van der Waals surface area contributed by atoms with E-state index in [1.165, 1.54) is 0 Å². The zero-order valence-corrected chi connectivity index (χ0v) is 4.85. The molecular formula is C6H10O2. The van der Waals surface area contributed by atoms with Crippen LogP contribution in [0, 0.1) is 13.8 Å². The molecule has 0 heterocycles. The molecular weight excluding hydrogens is 104 g/mol. The van der Waals surface area contributed by atoms with E-state index in [2.05, 4.69) is 18.6 Å². The van der Waals surface area contributed by atoms with Crippen LogP contribution >= 0.6 is 0 Å². The third-order valence-corrected chi connectivity index (χ3v) is 0.612. The normalized spacial score (nSPS) is 8.75. The van der Waals surface area contributed by atoms with Crippen LogP contribution in [0.1, 0.15) is 12.8 Å². The van der Waals surface area contributed by atoms with Crippen molar-refractivity contribution in [2.75, 3.05) is 6.61 Å². The first kappa shape index (κ1) is 7.47. The second-order valence-electron chi connectivity index (χ2n) is 1.32. The zero-order valence-electron chi connectivity index (χ0n) is 4.85. The minimum absolute atomic E-state index is 0.208. The van der Waals surface area contributed by atoms with E-state index in [1.54, 1.807) is 0 Å². The lowest BCUT2D eigenvalue weighted by atomic mass is 10.5. The molecule has 0 saturated heterocycles. The average molecular weight is 114 g/mol. The fourth-order valence-electron chi connectivity index (χ4n) is 0.258.